The normalized spacial score (nSPS) is 15.4. The Morgan fingerprint density at radius 2 is 2.05 bits per heavy atom. The van der Waals surface area contributed by atoms with Gasteiger partial charge in [0.05, 0.1) is 10.9 Å². The second-order valence-electron chi connectivity index (χ2n) is 5.58. The molecule has 5 nitrogen and oxygen atoms in total. The Kier molecular flexibility index (Phi) is 3.99. The van der Waals surface area contributed by atoms with E-state index in [0.717, 1.165) is 12.8 Å². The van der Waals surface area contributed by atoms with Crippen molar-refractivity contribution in [2.24, 2.45) is 0 Å². The third-order valence-corrected chi connectivity index (χ3v) is 3.97. The molecule has 1 aromatic carbocycles. The predicted octanol–water partition coefficient (Wildman–Crippen LogP) is 1.91. The number of aryl methyl sites for hydroxylation is 1. The van der Waals surface area contributed by atoms with E-state index in [9.17, 15) is 9.59 Å². The van der Waals surface area contributed by atoms with Gasteiger partial charge in [-0.15, -0.1) is 0 Å². The summed E-state index contributed by atoms with van der Waals surface area (Å²) < 4.78 is 0. The first-order chi connectivity index (χ1) is 10.2. The highest BCUT2D eigenvalue weighted by molar-refractivity contribution is 5.78. The zero-order valence-electron chi connectivity index (χ0n) is 11.9. The molecule has 1 aliphatic carbocycles. The molecule has 21 heavy (non-hydrogen) atoms. The van der Waals surface area contributed by atoms with Gasteiger partial charge in [-0.1, -0.05) is 25.0 Å². The van der Waals surface area contributed by atoms with E-state index < -0.39 is 0 Å². The summed E-state index contributed by atoms with van der Waals surface area (Å²) in [6, 6.07) is 7.56. The summed E-state index contributed by atoms with van der Waals surface area (Å²) >= 11 is 0. The number of para-hydroxylation sites is 1. The van der Waals surface area contributed by atoms with Crippen LogP contribution < -0.4 is 10.9 Å². The van der Waals surface area contributed by atoms with Crippen LogP contribution in [-0.2, 0) is 11.2 Å². The van der Waals surface area contributed by atoms with E-state index in [0.29, 0.717) is 35.6 Å². The van der Waals surface area contributed by atoms with E-state index in [1.807, 2.05) is 18.2 Å². The highest BCUT2D eigenvalue weighted by Crippen LogP contribution is 2.17. The number of fused-ring (bicyclic) bond motifs is 1. The molecule has 1 saturated carbocycles. The van der Waals surface area contributed by atoms with Gasteiger partial charge in [-0.05, 0) is 25.0 Å². The van der Waals surface area contributed by atoms with Crippen LogP contribution in [0.1, 0.15) is 37.9 Å². The Labute approximate surface area is 122 Å². The van der Waals surface area contributed by atoms with Crippen LogP contribution >= 0.6 is 0 Å². The molecule has 1 amide bonds. The van der Waals surface area contributed by atoms with Gasteiger partial charge in [0.1, 0.15) is 5.82 Å². The van der Waals surface area contributed by atoms with Crippen LogP contribution in [0.2, 0.25) is 0 Å². The van der Waals surface area contributed by atoms with Crippen molar-refractivity contribution in [2.45, 2.75) is 44.6 Å². The first-order valence-corrected chi connectivity index (χ1v) is 7.50. The van der Waals surface area contributed by atoms with E-state index in [1.165, 1.54) is 12.8 Å². The van der Waals surface area contributed by atoms with Crippen molar-refractivity contribution >= 4 is 16.8 Å². The van der Waals surface area contributed by atoms with E-state index in [1.54, 1.807) is 6.07 Å². The van der Waals surface area contributed by atoms with E-state index in [4.69, 9.17) is 0 Å². The number of rotatable bonds is 4. The number of aromatic nitrogens is 2. The molecule has 1 heterocycles. The summed E-state index contributed by atoms with van der Waals surface area (Å²) in [4.78, 5) is 31.0. The number of benzene rings is 1. The van der Waals surface area contributed by atoms with Gasteiger partial charge in [0.15, 0.2) is 0 Å². The van der Waals surface area contributed by atoms with E-state index >= 15 is 0 Å². The molecule has 0 radical (unpaired) electrons. The lowest BCUT2D eigenvalue weighted by molar-refractivity contribution is -0.121. The fraction of sp³-hybridized carbons (Fsp3) is 0.438. The Morgan fingerprint density at radius 3 is 2.86 bits per heavy atom. The van der Waals surface area contributed by atoms with Crippen LogP contribution in [0.15, 0.2) is 29.1 Å². The highest BCUT2D eigenvalue weighted by atomic mass is 16.1. The second-order valence-corrected chi connectivity index (χ2v) is 5.58. The van der Waals surface area contributed by atoms with Crippen molar-refractivity contribution in [2.75, 3.05) is 0 Å². The average Bonchev–Trinajstić information content (AvgIpc) is 2.98. The molecule has 3 rings (SSSR count). The van der Waals surface area contributed by atoms with Crippen molar-refractivity contribution < 1.29 is 4.79 Å². The fourth-order valence-corrected chi connectivity index (χ4v) is 2.86. The number of hydrogen-bond donors (Lipinski definition) is 2. The summed E-state index contributed by atoms with van der Waals surface area (Å²) in [7, 11) is 0. The minimum absolute atomic E-state index is 0.0395. The molecular weight excluding hydrogens is 266 g/mol. The van der Waals surface area contributed by atoms with Crippen molar-refractivity contribution in [3.8, 4) is 0 Å². The van der Waals surface area contributed by atoms with Gasteiger partial charge >= 0.3 is 0 Å². The molecule has 5 heteroatoms. The Hall–Kier alpha value is -2.17. The molecule has 2 N–H and O–H groups in total. The highest BCUT2D eigenvalue weighted by Gasteiger charge is 2.17. The first-order valence-electron chi connectivity index (χ1n) is 7.50. The number of nitrogens with one attached hydrogen (secondary N) is 2. The maximum absolute atomic E-state index is 11.9. The quantitative estimate of drug-likeness (QED) is 0.901. The average molecular weight is 285 g/mol. The molecule has 1 aliphatic rings. The number of carbonyl (C=O) groups is 1. The number of hydrogen-bond acceptors (Lipinski definition) is 3. The van der Waals surface area contributed by atoms with Gasteiger partial charge in [-0.3, -0.25) is 9.59 Å². The monoisotopic (exact) mass is 285 g/mol. The van der Waals surface area contributed by atoms with E-state index in [2.05, 4.69) is 15.3 Å². The number of amides is 1. The largest absolute Gasteiger partial charge is 0.353 e. The van der Waals surface area contributed by atoms with Crippen LogP contribution in [0.3, 0.4) is 0 Å². The number of aromatic amines is 1. The van der Waals surface area contributed by atoms with Gasteiger partial charge in [-0.25, -0.2) is 4.98 Å². The molecule has 0 atom stereocenters. The van der Waals surface area contributed by atoms with Crippen LogP contribution in [-0.4, -0.2) is 21.9 Å². The van der Waals surface area contributed by atoms with Crippen molar-refractivity contribution in [1.82, 2.24) is 15.3 Å². The Bertz CT molecular complexity index is 702. The molecule has 0 aliphatic heterocycles. The molecule has 110 valence electrons. The van der Waals surface area contributed by atoms with Gasteiger partial charge in [0.2, 0.25) is 5.91 Å². The molecule has 0 spiro atoms. The third-order valence-electron chi connectivity index (χ3n) is 3.97. The smallest absolute Gasteiger partial charge is 0.258 e. The van der Waals surface area contributed by atoms with Crippen molar-refractivity contribution in [3.05, 3.63) is 40.4 Å². The first kappa shape index (κ1) is 13.8. The lowest BCUT2D eigenvalue weighted by Crippen LogP contribution is -2.32. The van der Waals surface area contributed by atoms with E-state index in [-0.39, 0.29) is 11.5 Å². The summed E-state index contributed by atoms with van der Waals surface area (Å²) in [5.74, 6) is 0.609. The van der Waals surface area contributed by atoms with Gasteiger partial charge < -0.3 is 10.3 Å². The van der Waals surface area contributed by atoms with Crippen LogP contribution in [0.25, 0.3) is 10.9 Å². The molecular formula is C16H19N3O2. The molecule has 0 unspecified atom stereocenters. The zero-order chi connectivity index (χ0) is 14.7. The van der Waals surface area contributed by atoms with Gasteiger partial charge in [0, 0.05) is 18.9 Å². The lowest BCUT2D eigenvalue weighted by Gasteiger charge is -2.11. The summed E-state index contributed by atoms with van der Waals surface area (Å²) in [5, 5.41) is 3.62. The van der Waals surface area contributed by atoms with Gasteiger partial charge in [-0.2, -0.15) is 0 Å². The molecule has 0 bridgehead atoms. The number of H-pyrrole nitrogens is 1. The fourth-order valence-electron chi connectivity index (χ4n) is 2.86. The summed E-state index contributed by atoms with van der Waals surface area (Å²) in [6.07, 6.45) is 5.37. The second kappa shape index (κ2) is 6.08. The Balaban J connectivity index is 1.65. The Morgan fingerprint density at radius 1 is 1.29 bits per heavy atom. The van der Waals surface area contributed by atoms with Gasteiger partial charge in [0.25, 0.3) is 5.56 Å². The summed E-state index contributed by atoms with van der Waals surface area (Å²) in [5.41, 5.74) is 0.527. The molecule has 1 aromatic heterocycles. The van der Waals surface area contributed by atoms with Crippen LogP contribution in [0.4, 0.5) is 0 Å². The predicted molar refractivity (Wildman–Crippen MR) is 81.1 cm³/mol. The topological polar surface area (TPSA) is 74.8 Å². The maximum atomic E-state index is 11.9. The summed E-state index contributed by atoms with van der Waals surface area (Å²) in [6.45, 7) is 0. The zero-order valence-corrected chi connectivity index (χ0v) is 11.9. The van der Waals surface area contributed by atoms with Crippen molar-refractivity contribution in [1.29, 1.82) is 0 Å². The molecule has 2 aromatic rings. The van der Waals surface area contributed by atoms with Crippen LogP contribution in [0.5, 0.6) is 0 Å². The third kappa shape index (κ3) is 3.29. The number of carbonyl (C=O) groups excluding carboxylic acids is 1. The lowest BCUT2D eigenvalue weighted by atomic mass is 10.2. The number of nitrogens with zero attached hydrogens (tertiary/aromatic N) is 1. The SMILES string of the molecule is O=C(CCc1nc2ccccc2c(=O)[nH]1)NC1CCCC1. The minimum Gasteiger partial charge on any atom is -0.353 e. The molecule has 1 fully saturated rings. The standard InChI is InChI=1S/C16H19N3O2/c20-15(17-11-5-1-2-6-11)10-9-14-18-13-8-4-3-7-12(13)16(21)19-14/h3-4,7-8,11H,1-2,5-6,9-10H2,(H,17,20)(H,18,19,21). The maximum Gasteiger partial charge on any atom is 0.258 e. The molecule has 0 saturated heterocycles. The minimum atomic E-state index is -0.146. The van der Waals surface area contributed by atoms with Crippen LogP contribution in [0, 0.1) is 0 Å². The van der Waals surface area contributed by atoms with Crippen molar-refractivity contribution in [3.63, 3.8) is 0 Å².